The summed E-state index contributed by atoms with van der Waals surface area (Å²) in [5, 5.41) is 2.66. The van der Waals surface area contributed by atoms with Gasteiger partial charge in [-0.05, 0) is 25.7 Å². The molecule has 19 heavy (non-hydrogen) atoms. The van der Waals surface area contributed by atoms with E-state index in [0.29, 0.717) is 39.1 Å². The lowest BCUT2D eigenvalue weighted by Gasteiger charge is -2.40. The molecule has 2 fully saturated rings. The Kier molecular flexibility index (Phi) is 4.42. The first-order valence-electron chi connectivity index (χ1n) is 6.94. The maximum absolute atomic E-state index is 12.5. The predicted molar refractivity (Wildman–Crippen MR) is 70.3 cm³/mol. The SMILES string of the molecule is CNC(=O)C1CCCN(C(=O)C2(N)CCOCC2)C1. The fourth-order valence-electron chi connectivity index (χ4n) is 2.84. The third kappa shape index (κ3) is 3.06. The van der Waals surface area contributed by atoms with Gasteiger partial charge < -0.3 is 20.7 Å². The monoisotopic (exact) mass is 269 g/mol. The highest BCUT2D eigenvalue weighted by molar-refractivity contribution is 5.87. The number of hydrogen-bond acceptors (Lipinski definition) is 4. The molecule has 6 heteroatoms. The van der Waals surface area contributed by atoms with Gasteiger partial charge in [-0.1, -0.05) is 0 Å². The maximum Gasteiger partial charge on any atom is 0.242 e. The van der Waals surface area contributed by atoms with Crippen LogP contribution in [0.1, 0.15) is 25.7 Å². The number of nitrogens with zero attached hydrogens (tertiary/aromatic N) is 1. The van der Waals surface area contributed by atoms with Crippen LogP contribution in [0.4, 0.5) is 0 Å². The van der Waals surface area contributed by atoms with E-state index in [1.807, 2.05) is 0 Å². The predicted octanol–water partition coefficient (Wildman–Crippen LogP) is -0.521. The Morgan fingerprint density at radius 2 is 2.05 bits per heavy atom. The maximum atomic E-state index is 12.5. The van der Waals surface area contributed by atoms with E-state index in [0.717, 1.165) is 12.8 Å². The number of nitrogens with one attached hydrogen (secondary N) is 1. The summed E-state index contributed by atoms with van der Waals surface area (Å²) in [7, 11) is 1.63. The Morgan fingerprint density at radius 1 is 1.37 bits per heavy atom. The van der Waals surface area contributed by atoms with Crippen LogP contribution < -0.4 is 11.1 Å². The van der Waals surface area contributed by atoms with Crippen molar-refractivity contribution in [3.63, 3.8) is 0 Å². The molecule has 2 aliphatic heterocycles. The van der Waals surface area contributed by atoms with Crippen LogP contribution in [0.25, 0.3) is 0 Å². The van der Waals surface area contributed by atoms with Gasteiger partial charge in [-0.15, -0.1) is 0 Å². The summed E-state index contributed by atoms with van der Waals surface area (Å²) in [5.74, 6) is -0.119. The van der Waals surface area contributed by atoms with Crippen molar-refractivity contribution in [3.05, 3.63) is 0 Å². The molecule has 108 valence electrons. The van der Waals surface area contributed by atoms with E-state index in [2.05, 4.69) is 5.32 Å². The normalized spacial score (nSPS) is 26.8. The molecule has 0 spiro atoms. The molecule has 1 unspecified atom stereocenters. The first-order chi connectivity index (χ1) is 9.07. The lowest BCUT2D eigenvalue weighted by molar-refractivity contribution is -0.143. The van der Waals surface area contributed by atoms with E-state index in [4.69, 9.17) is 10.5 Å². The van der Waals surface area contributed by atoms with Crippen molar-refractivity contribution in [2.45, 2.75) is 31.2 Å². The summed E-state index contributed by atoms with van der Waals surface area (Å²) in [4.78, 5) is 26.0. The zero-order valence-electron chi connectivity index (χ0n) is 11.5. The van der Waals surface area contributed by atoms with Gasteiger partial charge in [0, 0.05) is 33.4 Å². The number of likely N-dealkylation sites (tertiary alicyclic amines) is 1. The Hall–Kier alpha value is -1.14. The molecule has 2 amide bonds. The van der Waals surface area contributed by atoms with Crippen LogP contribution in [-0.4, -0.2) is 55.6 Å². The molecule has 2 heterocycles. The molecule has 2 saturated heterocycles. The minimum atomic E-state index is -0.803. The average molecular weight is 269 g/mol. The number of ether oxygens (including phenoxy) is 1. The lowest BCUT2D eigenvalue weighted by Crippen LogP contribution is -2.60. The molecular weight excluding hydrogens is 246 g/mol. The van der Waals surface area contributed by atoms with E-state index in [1.54, 1.807) is 11.9 Å². The zero-order valence-corrected chi connectivity index (χ0v) is 11.5. The van der Waals surface area contributed by atoms with E-state index >= 15 is 0 Å². The van der Waals surface area contributed by atoms with Gasteiger partial charge in [0.25, 0.3) is 0 Å². The Bertz CT molecular complexity index is 353. The summed E-state index contributed by atoms with van der Waals surface area (Å²) in [6, 6.07) is 0. The van der Waals surface area contributed by atoms with Gasteiger partial charge in [-0.25, -0.2) is 0 Å². The molecule has 0 aliphatic carbocycles. The quantitative estimate of drug-likeness (QED) is 0.706. The highest BCUT2D eigenvalue weighted by atomic mass is 16.5. The Balaban J connectivity index is 2.00. The van der Waals surface area contributed by atoms with Gasteiger partial charge in [0.15, 0.2) is 0 Å². The molecule has 2 aliphatic rings. The standard InChI is InChI=1S/C13H23N3O3/c1-15-11(17)10-3-2-6-16(9-10)12(18)13(14)4-7-19-8-5-13/h10H,2-9,14H2,1H3,(H,15,17). The molecular formula is C13H23N3O3. The van der Waals surface area contributed by atoms with Crippen molar-refractivity contribution < 1.29 is 14.3 Å². The summed E-state index contributed by atoms with van der Waals surface area (Å²) in [5.41, 5.74) is 5.41. The topological polar surface area (TPSA) is 84.7 Å². The summed E-state index contributed by atoms with van der Waals surface area (Å²) in [6.45, 7) is 2.26. The molecule has 0 bridgehead atoms. The molecule has 0 aromatic carbocycles. The van der Waals surface area contributed by atoms with E-state index < -0.39 is 5.54 Å². The lowest BCUT2D eigenvalue weighted by atomic mass is 9.88. The number of carbonyl (C=O) groups excluding carboxylic acids is 2. The molecule has 0 radical (unpaired) electrons. The smallest absolute Gasteiger partial charge is 0.242 e. The minimum Gasteiger partial charge on any atom is -0.381 e. The van der Waals surface area contributed by atoms with Crippen molar-refractivity contribution in [2.24, 2.45) is 11.7 Å². The summed E-state index contributed by atoms with van der Waals surface area (Å²) in [6.07, 6.45) is 2.82. The van der Waals surface area contributed by atoms with E-state index in [9.17, 15) is 9.59 Å². The molecule has 2 rings (SSSR count). The average Bonchev–Trinajstić information content (AvgIpc) is 2.46. The molecule has 0 aromatic heterocycles. The second-order valence-electron chi connectivity index (χ2n) is 5.47. The molecule has 0 saturated carbocycles. The van der Waals surface area contributed by atoms with Gasteiger partial charge in [0.05, 0.1) is 11.5 Å². The third-order valence-corrected chi connectivity index (χ3v) is 4.14. The highest BCUT2D eigenvalue weighted by Crippen LogP contribution is 2.24. The minimum absolute atomic E-state index is 0.00977. The summed E-state index contributed by atoms with van der Waals surface area (Å²) >= 11 is 0. The van der Waals surface area contributed by atoms with Gasteiger partial charge in [-0.3, -0.25) is 9.59 Å². The third-order valence-electron chi connectivity index (χ3n) is 4.14. The van der Waals surface area contributed by atoms with Crippen LogP contribution >= 0.6 is 0 Å². The second kappa shape index (κ2) is 5.88. The largest absolute Gasteiger partial charge is 0.381 e. The van der Waals surface area contributed by atoms with Gasteiger partial charge in [-0.2, -0.15) is 0 Å². The van der Waals surface area contributed by atoms with Crippen LogP contribution in [0.2, 0.25) is 0 Å². The highest BCUT2D eigenvalue weighted by Gasteiger charge is 2.40. The second-order valence-corrected chi connectivity index (χ2v) is 5.47. The van der Waals surface area contributed by atoms with Crippen molar-refractivity contribution in [1.29, 1.82) is 0 Å². The molecule has 1 atom stereocenters. The number of rotatable bonds is 2. The first kappa shape index (κ1) is 14.3. The van der Waals surface area contributed by atoms with E-state index in [1.165, 1.54) is 0 Å². The van der Waals surface area contributed by atoms with Crippen molar-refractivity contribution in [1.82, 2.24) is 10.2 Å². The number of nitrogens with two attached hydrogens (primary N) is 1. The van der Waals surface area contributed by atoms with Crippen molar-refractivity contribution in [3.8, 4) is 0 Å². The van der Waals surface area contributed by atoms with Crippen LogP contribution in [0.5, 0.6) is 0 Å². The fourth-order valence-corrected chi connectivity index (χ4v) is 2.84. The van der Waals surface area contributed by atoms with Crippen LogP contribution in [0.3, 0.4) is 0 Å². The number of carbonyl (C=O) groups is 2. The van der Waals surface area contributed by atoms with Crippen LogP contribution in [0, 0.1) is 5.92 Å². The Morgan fingerprint density at radius 3 is 2.68 bits per heavy atom. The molecule has 0 aromatic rings. The van der Waals surface area contributed by atoms with Gasteiger partial charge in [0.1, 0.15) is 0 Å². The molecule has 6 nitrogen and oxygen atoms in total. The fraction of sp³-hybridized carbons (Fsp3) is 0.846. The van der Waals surface area contributed by atoms with E-state index in [-0.39, 0.29) is 17.7 Å². The number of piperidine rings is 1. The molecule has 3 N–H and O–H groups in total. The Labute approximate surface area is 113 Å². The van der Waals surface area contributed by atoms with Crippen molar-refractivity contribution in [2.75, 3.05) is 33.4 Å². The van der Waals surface area contributed by atoms with Gasteiger partial charge in [0.2, 0.25) is 11.8 Å². The number of hydrogen-bond donors (Lipinski definition) is 2. The first-order valence-corrected chi connectivity index (χ1v) is 6.94. The van der Waals surface area contributed by atoms with Gasteiger partial charge >= 0.3 is 0 Å². The number of amides is 2. The van der Waals surface area contributed by atoms with Crippen LogP contribution in [0.15, 0.2) is 0 Å². The van der Waals surface area contributed by atoms with Crippen molar-refractivity contribution >= 4 is 11.8 Å². The summed E-state index contributed by atoms with van der Waals surface area (Å²) < 4.78 is 5.26. The van der Waals surface area contributed by atoms with Crippen LogP contribution in [-0.2, 0) is 14.3 Å². The zero-order chi connectivity index (χ0) is 13.9.